The Balaban J connectivity index is 1.83. The fourth-order valence-electron chi connectivity index (χ4n) is 3.39. The minimum atomic E-state index is -0.543. The van der Waals surface area contributed by atoms with Crippen molar-refractivity contribution in [1.29, 1.82) is 0 Å². The van der Waals surface area contributed by atoms with Crippen molar-refractivity contribution in [2.24, 2.45) is 11.7 Å². The predicted molar refractivity (Wildman–Crippen MR) is 71.2 cm³/mol. The van der Waals surface area contributed by atoms with Gasteiger partial charge in [0, 0.05) is 13.0 Å². The summed E-state index contributed by atoms with van der Waals surface area (Å²) in [4.78, 5) is 11.6. The van der Waals surface area contributed by atoms with E-state index in [2.05, 4.69) is 5.32 Å². The summed E-state index contributed by atoms with van der Waals surface area (Å²) in [6, 6.07) is 0. The molecular weight excluding hydrogens is 228 g/mol. The molecule has 0 aromatic heterocycles. The molecule has 0 spiro atoms. The topological polar surface area (TPSA) is 64.3 Å². The predicted octanol–water partition coefficient (Wildman–Crippen LogP) is 1.58. The van der Waals surface area contributed by atoms with Gasteiger partial charge < -0.3 is 15.8 Å². The lowest BCUT2D eigenvalue weighted by Gasteiger charge is -2.38. The van der Waals surface area contributed by atoms with Crippen molar-refractivity contribution in [2.45, 2.75) is 63.0 Å². The molecule has 1 amide bonds. The Morgan fingerprint density at radius 1 is 1.33 bits per heavy atom. The maximum absolute atomic E-state index is 11.6. The van der Waals surface area contributed by atoms with E-state index in [9.17, 15) is 4.79 Å². The average Bonchev–Trinajstić information content (AvgIpc) is 2.89. The van der Waals surface area contributed by atoms with Crippen molar-refractivity contribution in [3.8, 4) is 0 Å². The van der Waals surface area contributed by atoms with Gasteiger partial charge in [0.2, 0.25) is 5.91 Å². The number of carbonyl (C=O) groups excluding carboxylic acids is 1. The van der Waals surface area contributed by atoms with Crippen molar-refractivity contribution in [3.63, 3.8) is 0 Å². The van der Waals surface area contributed by atoms with Crippen molar-refractivity contribution in [2.75, 3.05) is 13.7 Å². The van der Waals surface area contributed by atoms with E-state index in [-0.39, 0.29) is 12.0 Å². The van der Waals surface area contributed by atoms with Gasteiger partial charge >= 0.3 is 0 Å². The van der Waals surface area contributed by atoms with E-state index < -0.39 is 5.54 Å². The highest BCUT2D eigenvalue weighted by molar-refractivity contribution is 5.84. The van der Waals surface area contributed by atoms with E-state index in [1.807, 2.05) is 7.05 Å². The van der Waals surface area contributed by atoms with Gasteiger partial charge in [-0.2, -0.15) is 0 Å². The van der Waals surface area contributed by atoms with E-state index in [4.69, 9.17) is 10.5 Å². The molecular formula is C14H26N2O2. The summed E-state index contributed by atoms with van der Waals surface area (Å²) >= 11 is 0. The number of rotatable bonds is 5. The first-order valence-electron chi connectivity index (χ1n) is 7.27. The minimum Gasteiger partial charge on any atom is -0.378 e. The summed E-state index contributed by atoms with van der Waals surface area (Å²) in [5.41, 5.74) is 4.99. The van der Waals surface area contributed by atoms with E-state index in [0.717, 1.165) is 38.2 Å². The second-order valence-corrected chi connectivity index (χ2v) is 5.90. The summed E-state index contributed by atoms with van der Waals surface area (Å²) in [5.74, 6) is 0.503. The van der Waals surface area contributed by atoms with E-state index in [0.29, 0.717) is 0 Å². The Labute approximate surface area is 110 Å². The number of likely N-dealkylation sites (N-methyl/N-ethyl adjacent to an activating group) is 1. The molecule has 2 atom stereocenters. The van der Waals surface area contributed by atoms with Crippen molar-refractivity contribution in [1.82, 2.24) is 5.32 Å². The molecule has 0 saturated heterocycles. The molecule has 2 unspecified atom stereocenters. The molecule has 0 aromatic carbocycles. The number of hydrogen-bond donors (Lipinski definition) is 2. The summed E-state index contributed by atoms with van der Waals surface area (Å²) in [6.07, 6.45) is 9.13. The van der Waals surface area contributed by atoms with Gasteiger partial charge in [-0.05, 0) is 45.1 Å². The Bertz CT molecular complexity index is 290. The van der Waals surface area contributed by atoms with Crippen molar-refractivity contribution in [3.05, 3.63) is 0 Å². The largest absolute Gasteiger partial charge is 0.378 e. The highest BCUT2D eigenvalue weighted by atomic mass is 16.5. The third-order valence-electron chi connectivity index (χ3n) is 4.70. The Hall–Kier alpha value is -0.610. The summed E-state index contributed by atoms with van der Waals surface area (Å²) in [5, 5.41) is 3.12. The SMILES string of the molecule is CNC1(C(N)=O)CCCC(OCC2CCCC2)C1. The van der Waals surface area contributed by atoms with Crippen LogP contribution in [0.15, 0.2) is 0 Å². The Morgan fingerprint density at radius 3 is 2.67 bits per heavy atom. The molecule has 4 heteroatoms. The van der Waals surface area contributed by atoms with Gasteiger partial charge in [0.15, 0.2) is 0 Å². The molecule has 3 N–H and O–H groups in total. The first-order chi connectivity index (χ1) is 8.66. The van der Waals surface area contributed by atoms with Gasteiger partial charge in [-0.1, -0.05) is 12.8 Å². The van der Waals surface area contributed by atoms with E-state index in [1.54, 1.807) is 0 Å². The van der Waals surface area contributed by atoms with Crippen LogP contribution in [-0.2, 0) is 9.53 Å². The quantitative estimate of drug-likeness (QED) is 0.783. The zero-order chi connectivity index (χ0) is 13.0. The molecule has 0 heterocycles. The second-order valence-electron chi connectivity index (χ2n) is 5.90. The Morgan fingerprint density at radius 2 is 2.06 bits per heavy atom. The molecule has 18 heavy (non-hydrogen) atoms. The van der Waals surface area contributed by atoms with Gasteiger partial charge in [-0.15, -0.1) is 0 Å². The summed E-state index contributed by atoms with van der Waals surface area (Å²) < 4.78 is 6.03. The lowest BCUT2D eigenvalue weighted by atomic mass is 9.79. The van der Waals surface area contributed by atoms with Gasteiger partial charge in [0.05, 0.1) is 11.6 Å². The maximum atomic E-state index is 11.6. The van der Waals surface area contributed by atoms with Crippen molar-refractivity contribution >= 4 is 5.91 Å². The van der Waals surface area contributed by atoms with E-state index >= 15 is 0 Å². The standard InChI is InChI=1S/C14H26N2O2/c1-16-14(13(15)17)8-4-7-12(9-14)18-10-11-5-2-3-6-11/h11-12,16H,2-10H2,1H3,(H2,15,17). The maximum Gasteiger partial charge on any atom is 0.237 e. The normalized spacial score (nSPS) is 33.7. The fourth-order valence-corrected chi connectivity index (χ4v) is 3.39. The number of nitrogens with one attached hydrogen (secondary N) is 1. The number of carbonyl (C=O) groups is 1. The molecule has 0 aliphatic heterocycles. The van der Waals surface area contributed by atoms with Gasteiger partial charge in [-0.25, -0.2) is 0 Å². The lowest BCUT2D eigenvalue weighted by molar-refractivity contribution is -0.128. The number of nitrogens with two attached hydrogens (primary N) is 1. The molecule has 2 rings (SSSR count). The zero-order valence-electron chi connectivity index (χ0n) is 11.4. The smallest absolute Gasteiger partial charge is 0.237 e. The van der Waals surface area contributed by atoms with Crippen LogP contribution in [-0.4, -0.2) is 31.2 Å². The van der Waals surface area contributed by atoms with E-state index in [1.165, 1.54) is 25.7 Å². The van der Waals surface area contributed by atoms with Crippen LogP contribution in [0.2, 0.25) is 0 Å². The highest BCUT2D eigenvalue weighted by Crippen LogP contribution is 2.31. The molecule has 0 aromatic rings. The van der Waals surface area contributed by atoms with Crippen LogP contribution in [0.4, 0.5) is 0 Å². The molecule has 2 aliphatic rings. The monoisotopic (exact) mass is 254 g/mol. The van der Waals surface area contributed by atoms with Gasteiger partial charge in [0.25, 0.3) is 0 Å². The average molecular weight is 254 g/mol. The van der Waals surface area contributed by atoms with Crippen LogP contribution < -0.4 is 11.1 Å². The highest BCUT2D eigenvalue weighted by Gasteiger charge is 2.40. The van der Waals surface area contributed by atoms with Crippen LogP contribution in [0, 0.1) is 5.92 Å². The van der Waals surface area contributed by atoms with Crippen LogP contribution in [0.1, 0.15) is 51.4 Å². The summed E-state index contributed by atoms with van der Waals surface area (Å²) in [7, 11) is 1.82. The number of hydrogen-bond acceptors (Lipinski definition) is 3. The van der Waals surface area contributed by atoms with Crippen molar-refractivity contribution < 1.29 is 9.53 Å². The first-order valence-corrected chi connectivity index (χ1v) is 7.27. The first kappa shape index (κ1) is 13.8. The van der Waals surface area contributed by atoms with Crippen LogP contribution >= 0.6 is 0 Å². The second kappa shape index (κ2) is 6.02. The Kier molecular flexibility index (Phi) is 4.62. The van der Waals surface area contributed by atoms with Gasteiger partial charge in [0.1, 0.15) is 0 Å². The number of amides is 1. The molecule has 0 radical (unpaired) electrons. The molecule has 2 saturated carbocycles. The van der Waals surface area contributed by atoms with Crippen LogP contribution in [0.25, 0.3) is 0 Å². The molecule has 0 bridgehead atoms. The number of ether oxygens (including phenoxy) is 1. The van der Waals surface area contributed by atoms with Crippen LogP contribution in [0.5, 0.6) is 0 Å². The van der Waals surface area contributed by atoms with Crippen LogP contribution in [0.3, 0.4) is 0 Å². The minimum absolute atomic E-state index is 0.194. The van der Waals surface area contributed by atoms with Gasteiger partial charge in [-0.3, -0.25) is 4.79 Å². The zero-order valence-corrected chi connectivity index (χ0v) is 11.4. The molecule has 4 nitrogen and oxygen atoms in total. The third kappa shape index (κ3) is 3.04. The lowest BCUT2D eigenvalue weighted by Crippen LogP contribution is -2.57. The third-order valence-corrected chi connectivity index (χ3v) is 4.70. The summed E-state index contributed by atoms with van der Waals surface area (Å²) in [6.45, 7) is 0.864. The fraction of sp³-hybridized carbons (Fsp3) is 0.929. The molecule has 104 valence electrons. The molecule has 2 aliphatic carbocycles. The molecule has 2 fully saturated rings. The number of primary amides is 1.